The second-order valence-corrected chi connectivity index (χ2v) is 7.58. The Hall–Kier alpha value is -2.40. The molecular weight excluding hydrogens is 344 g/mol. The van der Waals surface area contributed by atoms with Crippen LogP contribution in [-0.2, 0) is 23.2 Å². The van der Waals surface area contributed by atoms with Crippen molar-refractivity contribution >= 4 is 23.3 Å². The Morgan fingerprint density at radius 2 is 1.62 bits per heavy atom. The maximum absolute atomic E-state index is 11.6. The molecule has 0 aliphatic heterocycles. The molecule has 2 N–H and O–H groups in total. The molecule has 2 aromatic carbocycles. The van der Waals surface area contributed by atoms with Crippen LogP contribution < -0.4 is 10.6 Å². The molecule has 26 heavy (non-hydrogen) atoms. The van der Waals surface area contributed by atoms with Crippen LogP contribution in [-0.4, -0.2) is 18.2 Å². The summed E-state index contributed by atoms with van der Waals surface area (Å²) in [4.78, 5) is 11.6. The molecule has 0 unspecified atom stereocenters. The minimum absolute atomic E-state index is 0.154. The highest BCUT2D eigenvalue weighted by Gasteiger charge is 2.12. The molecule has 0 aliphatic carbocycles. The van der Waals surface area contributed by atoms with Crippen molar-refractivity contribution in [1.29, 1.82) is 0 Å². The van der Waals surface area contributed by atoms with Crippen LogP contribution in [0.5, 0.6) is 0 Å². The van der Waals surface area contributed by atoms with Gasteiger partial charge in [-0.25, -0.2) is 4.79 Å². The molecule has 0 radical (unpaired) electrons. The first-order chi connectivity index (χ1) is 12.3. The highest BCUT2D eigenvalue weighted by Crippen LogP contribution is 2.22. The molecule has 0 saturated heterocycles. The van der Waals surface area contributed by atoms with E-state index < -0.39 is 0 Å². The Labute approximate surface area is 161 Å². The monoisotopic (exact) mass is 370 g/mol. The number of carbonyl (C=O) groups is 1. The summed E-state index contributed by atoms with van der Waals surface area (Å²) in [6.07, 6.45) is 0. The molecule has 0 aliphatic rings. The molecule has 5 heteroatoms. The predicted octanol–water partition coefficient (Wildman–Crippen LogP) is 3.94. The van der Waals surface area contributed by atoms with E-state index >= 15 is 0 Å². The first-order valence-corrected chi connectivity index (χ1v) is 8.99. The number of thiocarbonyl (C=S) groups is 1. The van der Waals surface area contributed by atoms with Crippen LogP contribution in [0.4, 0.5) is 0 Å². The summed E-state index contributed by atoms with van der Waals surface area (Å²) in [5.41, 5.74) is 4.14. The van der Waals surface area contributed by atoms with Crippen LogP contribution in [0.2, 0.25) is 0 Å². The number of nitrogens with one attached hydrogen (secondary N) is 2. The molecule has 0 aromatic heterocycles. The fourth-order valence-electron chi connectivity index (χ4n) is 2.48. The SMILES string of the molecule is COC(=O)c1cccc(CNC(=S)NCc2ccc(C(C)(C)C)cc2)c1. The summed E-state index contributed by atoms with van der Waals surface area (Å²) in [7, 11) is 1.38. The first-order valence-electron chi connectivity index (χ1n) is 8.58. The molecule has 0 spiro atoms. The van der Waals surface area contributed by atoms with Gasteiger partial charge < -0.3 is 15.4 Å². The van der Waals surface area contributed by atoms with Crippen LogP contribution in [0.15, 0.2) is 48.5 Å². The van der Waals surface area contributed by atoms with Crippen molar-refractivity contribution in [3.63, 3.8) is 0 Å². The van der Waals surface area contributed by atoms with Crippen molar-refractivity contribution in [1.82, 2.24) is 10.6 Å². The second-order valence-electron chi connectivity index (χ2n) is 7.18. The molecule has 0 amide bonds. The van der Waals surface area contributed by atoms with Gasteiger partial charge in [0.2, 0.25) is 0 Å². The van der Waals surface area contributed by atoms with Crippen LogP contribution >= 0.6 is 12.2 Å². The maximum atomic E-state index is 11.6. The summed E-state index contributed by atoms with van der Waals surface area (Å²) >= 11 is 5.33. The quantitative estimate of drug-likeness (QED) is 0.617. The van der Waals surface area contributed by atoms with Crippen LogP contribution in [0.1, 0.15) is 47.8 Å². The summed E-state index contributed by atoms with van der Waals surface area (Å²) in [6, 6.07) is 15.9. The van der Waals surface area contributed by atoms with Gasteiger partial charge in [0.25, 0.3) is 0 Å². The maximum Gasteiger partial charge on any atom is 0.337 e. The van der Waals surface area contributed by atoms with E-state index in [4.69, 9.17) is 17.0 Å². The lowest BCUT2D eigenvalue weighted by Gasteiger charge is -2.19. The van der Waals surface area contributed by atoms with Crippen molar-refractivity contribution in [3.05, 3.63) is 70.8 Å². The lowest BCUT2D eigenvalue weighted by atomic mass is 9.87. The van der Waals surface area contributed by atoms with E-state index in [-0.39, 0.29) is 11.4 Å². The van der Waals surface area contributed by atoms with E-state index in [0.717, 1.165) is 5.56 Å². The lowest BCUT2D eigenvalue weighted by Crippen LogP contribution is -2.34. The largest absolute Gasteiger partial charge is 0.465 e. The molecule has 0 bridgehead atoms. The fourth-order valence-corrected chi connectivity index (χ4v) is 2.62. The average Bonchev–Trinajstić information content (AvgIpc) is 2.64. The molecule has 138 valence electrons. The smallest absolute Gasteiger partial charge is 0.337 e. The van der Waals surface area contributed by atoms with Crippen LogP contribution in [0.3, 0.4) is 0 Å². The van der Waals surface area contributed by atoms with Gasteiger partial charge in [0.05, 0.1) is 12.7 Å². The van der Waals surface area contributed by atoms with Crippen molar-refractivity contribution in [3.8, 4) is 0 Å². The number of hydrogen-bond donors (Lipinski definition) is 2. The molecule has 2 aromatic rings. The minimum atomic E-state index is -0.341. The van der Waals surface area contributed by atoms with E-state index in [9.17, 15) is 4.79 Å². The number of rotatable bonds is 5. The summed E-state index contributed by atoms with van der Waals surface area (Å²) in [5.74, 6) is -0.341. The third kappa shape index (κ3) is 5.85. The second kappa shape index (κ2) is 8.81. The Balaban J connectivity index is 1.83. The molecular formula is C21H26N2O2S. The zero-order valence-corrected chi connectivity index (χ0v) is 16.6. The van der Waals surface area contributed by atoms with E-state index in [1.165, 1.54) is 18.2 Å². The van der Waals surface area contributed by atoms with Gasteiger partial charge in [-0.2, -0.15) is 0 Å². The summed E-state index contributed by atoms with van der Waals surface area (Å²) in [6.45, 7) is 7.82. The number of ether oxygens (including phenoxy) is 1. The summed E-state index contributed by atoms with van der Waals surface area (Å²) in [5, 5.41) is 6.94. The first kappa shape index (κ1) is 19.9. The van der Waals surface area contributed by atoms with Crippen LogP contribution in [0, 0.1) is 0 Å². The number of carbonyl (C=O) groups excluding carboxylic acids is 1. The Morgan fingerprint density at radius 3 is 2.19 bits per heavy atom. The van der Waals surface area contributed by atoms with E-state index in [1.54, 1.807) is 12.1 Å². The minimum Gasteiger partial charge on any atom is -0.465 e. The molecule has 0 heterocycles. The summed E-state index contributed by atoms with van der Waals surface area (Å²) < 4.78 is 4.74. The van der Waals surface area contributed by atoms with Gasteiger partial charge in [0.15, 0.2) is 5.11 Å². The normalized spacial score (nSPS) is 10.9. The zero-order chi connectivity index (χ0) is 19.2. The lowest BCUT2D eigenvalue weighted by molar-refractivity contribution is 0.0600. The standard InChI is InChI=1S/C21H26N2O2S/c1-21(2,3)18-10-8-15(9-11-18)13-22-20(26)23-14-16-6-5-7-17(12-16)19(24)25-4/h5-12H,13-14H2,1-4H3,(H2,22,23,26). The van der Waals surface area contributed by atoms with Crippen molar-refractivity contribution in [2.45, 2.75) is 39.3 Å². The molecule has 2 rings (SSSR count). The molecule has 0 atom stereocenters. The Bertz CT molecular complexity index is 764. The van der Waals surface area contributed by atoms with Crippen molar-refractivity contribution in [2.24, 2.45) is 0 Å². The topological polar surface area (TPSA) is 50.4 Å². The van der Waals surface area contributed by atoms with Crippen LogP contribution in [0.25, 0.3) is 0 Å². The van der Waals surface area contributed by atoms with E-state index in [1.807, 2.05) is 12.1 Å². The number of hydrogen-bond acceptors (Lipinski definition) is 3. The van der Waals surface area contributed by atoms with Gasteiger partial charge in [0.1, 0.15) is 0 Å². The van der Waals surface area contributed by atoms with Gasteiger partial charge in [-0.05, 0) is 46.5 Å². The fraction of sp³-hybridized carbons (Fsp3) is 0.333. The Morgan fingerprint density at radius 1 is 1.00 bits per heavy atom. The van der Waals surface area contributed by atoms with Gasteiger partial charge in [-0.3, -0.25) is 0 Å². The number of methoxy groups -OCH3 is 1. The molecule has 0 saturated carbocycles. The predicted molar refractivity (Wildman–Crippen MR) is 109 cm³/mol. The average molecular weight is 371 g/mol. The van der Waals surface area contributed by atoms with Gasteiger partial charge >= 0.3 is 5.97 Å². The van der Waals surface area contributed by atoms with Crippen molar-refractivity contribution < 1.29 is 9.53 Å². The van der Waals surface area contributed by atoms with E-state index in [0.29, 0.717) is 23.8 Å². The van der Waals surface area contributed by atoms with E-state index in [2.05, 4.69) is 55.7 Å². The molecule has 4 nitrogen and oxygen atoms in total. The Kier molecular flexibility index (Phi) is 6.75. The zero-order valence-electron chi connectivity index (χ0n) is 15.8. The van der Waals surface area contributed by atoms with Crippen molar-refractivity contribution in [2.75, 3.05) is 7.11 Å². The third-order valence-electron chi connectivity index (χ3n) is 4.07. The molecule has 0 fully saturated rings. The third-order valence-corrected chi connectivity index (χ3v) is 4.36. The van der Waals surface area contributed by atoms with Gasteiger partial charge in [-0.15, -0.1) is 0 Å². The number of benzene rings is 2. The van der Waals surface area contributed by atoms with Gasteiger partial charge in [-0.1, -0.05) is 57.2 Å². The number of esters is 1. The van der Waals surface area contributed by atoms with Gasteiger partial charge in [0, 0.05) is 13.1 Å². The highest BCUT2D eigenvalue weighted by atomic mass is 32.1. The highest BCUT2D eigenvalue weighted by molar-refractivity contribution is 7.80.